The van der Waals surface area contributed by atoms with Gasteiger partial charge < -0.3 is 10.0 Å². The van der Waals surface area contributed by atoms with E-state index < -0.39 is 0 Å². The molecule has 2 heteroatoms. The minimum absolute atomic E-state index is 0.325. The van der Waals surface area contributed by atoms with Crippen LogP contribution < -0.4 is 0 Å². The number of benzene rings is 1. The van der Waals surface area contributed by atoms with Crippen molar-refractivity contribution in [1.29, 1.82) is 0 Å². The van der Waals surface area contributed by atoms with Gasteiger partial charge in [-0.2, -0.15) is 0 Å². The summed E-state index contributed by atoms with van der Waals surface area (Å²) in [4.78, 5) is 2.44. The molecule has 2 nitrogen and oxygen atoms in total. The fourth-order valence-corrected chi connectivity index (χ4v) is 4.55. The number of hydrogen-bond donors (Lipinski definition) is 1. The smallest absolute Gasteiger partial charge is 0.0804 e. The molecule has 0 heterocycles. The third kappa shape index (κ3) is 3.49. The standard InChI is InChI=1S/C19H29NO/c1-14-5-3-4-6-18(14)19(21)9-10-20(2)13-17-12-15-7-8-16(17)11-15/h3-6,15-17,19,21H,7-13H2,1-2H3. The third-order valence-electron chi connectivity index (χ3n) is 5.76. The summed E-state index contributed by atoms with van der Waals surface area (Å²) < 4.78 is 0. The van der Waals surface area contributed by atoms with E-state index in [2.05, 4.69) is 31.0 Å². The summed E-state index contributed by atoms with van der Waals surface area (Å²) in [6.07, 6.45) is 6.40. The molecule has 1 aromatic rings. The highest BCUT2D eigenvalue weighted by Crippen LogP contribution is 2.48. The molecule has 2 aliphatic rings. The molecule has 2 bridgehead atoms. The Hall–Kier alpha value is -0.860. The third-order valence-corrected chi connectivity index (χ3v) is 5.76. The van der Waals surface area contributed by atoms with Crippen LogP contribution in [-0.2, 0) is 0 Å². The Labute approximate surface area is 129 Å². The molecule has 1 N–H and O–H groups in total. The van der Waals surface area contributed by atoms with Crippen molar-refractivity contribution >= 4 is 0 Å². The molecule has 0 aromatic heterocycles. The molecule has 0 radical (unpaired) electrons. The van der Waals surface area contributed by atoms with E-state index in [0.717, 1.165) is 36.3 Å². The van der Waals surface area contributed by atoms with Gasteiger partial charge in [0.25, 0.3) is 0 Å². The highest BCUT2D eigenvalue weighted by Gasteiger charge is 2.39. The van der Waals surface area contributed by atoms with Gasteiger partial charge in [0.05, 0.1) is 6.10 Å². The number of aryl methyl sites for hydroxylation is 1. The van der Waals surface area contributed by atoms with Crippen molar-refractivity contribution < 1.29 is 5.11 Å². The second kappa shape index (κ2) is 6.50. The Bertz CT molecular complexity index is 472. The van der Waals surface area contributed by atoms with Crippen molar-refractivity contribution in [1.82, 2.24) is 4.90 Å². The van der Waals surface area contributed by atoms with Crippen molar-refractivity contribution in [3.8, 4) is 0 Å². The van der Waals surface area contributed by atoms with Gasteiger partial charge in [0.15, 0.2) is 0 Å². The maximum Gasteiger partial charge on any atom is 0.0804 e. The summed E-state index contributed by atoms with van der Waals surface area (Å²) in [5.74, 6) is 2.95. The van der Waals surface area contributed by atoms with Crippen LogP contribution in [0.3, 0.4) is 0 Å². The summed E-state index contributed by atoms with van der Waals surface area (Å²) in [5, 5.41) is 10.4. The van der Waals surface area contributed by atoms with Crippen molar-refractivity contribution in [2.45, 2.75) is 45.1 Å². The van der Waals surface area contributed by atoms with Gasteiger partial charge in [0, 0.05) is 13.1 Å². The lowest BCUT2D eigenvalue weighted by Crippen LogP contribution is -2.30. The lowest BCUT2D eigenvalue weighted by molar-refractivity contribution is 0.138. The molecule has 4 unspecified atom stereocenters. The minimum atomic E-state index is -0.325. The van der Waals surface area contributed by atoms with Gasteiger partial charge in [-0.05, 0) is 68.5 Å². The number of nitrogens with zero attached hydrogens (tertiary/aromatic N) is 1. The number of aliphatic hydroxyl groups excluding tert-OH is 1. The molecule has 2 aliphatic carbocycles. The van der Waals surface area contributed by atoms with Gasteiger partial charge in [-0.15, -0.1) is 0 Å². The molecule has 0 aliphatic heterocycles. The molecule has 1 aromatic carbocycles. The molecule has 116 valence electrons. The van der Waals surface area contributed by atoms with E-state index >= 15 is 0 Å². The van der Waals surface area contributed by atoms with E-state index in [4.69, 9.17) is 0 Å². The Balaban J connectivity index is 1.45. The van der Waals surface area contributed by atoms with Crippen LogP contribution >= 0.6 is 0 Å². The topological polar surface area (TPSA) is 23.5 Å². The van der Waals surface area contributed by atoms with Gasteiger partial charge in [-0.25, -0.2) is 0 Å². The first-order valence-electron chi connectivity index (χ1n) is 8.55. The summed E-state index contributed by atoms with van der Waals surface area (Å²) in [7, 11) is 2.22. The molecule has 21 heavy (non-hydrogen) atoms. The Morgan fingerprint density at radius 2 is 2.05 bits per heavy atom. The zero-order valence-electron chi connectivity index (χ0n) is 13.5. The van der Waals surface area contributed by atoms with Gasteiger partial charge in [0.2, 0.25) is 0 Å². The molecule has 0 spiro atoms. The molecule has 2 fully saturated rings. The van der Waals surface area contributed by atoms with E-state index in [1.807, 2.05) is 12.1 Å². The average Bonchev–Trinajstić information content (AvgIpc) is 3.08. The van der Waals surface area contributed by atoms with Crippen LogP contribution in [0.5, 0.6) is 0 Å². The summed E-state index contributed by atoms with van der Waals surface area (Å²) in [5.41, 5.74) is 2.28. The Kier molecular flexibility index (Phi) is 4.66. The maximum atomic E-state index is 10.4. The van der Waals surface area contributed by atoms with E-state index in [9.17, 15) is 5.11 Å². The fourth-order valence-electron chi connectivity index (χ4n) is 4.55. The van der Waals surface area contributed by atoms with E-state index in [1.165, 1.54) is 37.8 Å². The molecule has 4 atom stereocenters. The van der Waals surface area contributed by atoms with Gasteiger partial charge >= 0.3 is 0 Å². The molecule has 2 saturated carbocycles. The zero-order chi connectivity index (χ0) is 14.8. The number of aliphatic hydroxyl groups is 1. The summed E-state index contributed by atoms with van der Waals surface area (Å²) in [6, 6.07) is 8.19. The van der Waals surface area contributed by atoms with Crippen LogP contribution in [-0.4, -0.2) is 30.1 Å². The number of rotatable bonds is 6. The van der Waals surface area contributed by atoms with Gasteiger partial charge in [-0.1, -0.05) is 30.7 Å². The summed E-state index contributed by atoms with van der Waals surface area (Å²) in [6.45, 7) is 4.29. The first-order valence-corrected chi connectivity index (χ1v) is 8.55. The first kappa shape index (κ1) is 15.1. The van der Waals surface area contributed by atoms with Gasteiger partial charge in [-0.3, -0.25) is 0 Å². The van der Waals surface area contributed by atoms with Gasteiger partial charge in [0.1, 0.15) is 0 Å². The summed E-state index contributed by atoms with van der Waals surface area (Å²) >= 11 is 0. The van der Waals surface area contributed by atoms with Crippen LogP contribution in [0.1, 0.15) is 49.3 Å². The first-order chi connectivity index (χ1) is 10.1. The van der Waals surface area contributed by atoms with Crippen LogP contribution in [0.4, 0.5) is 0 Å². The van der Waals surface area contributed by atoms with Crippen LogP contribution in [0.25, 0.3) is 0 Å². The van der Waals surface area contributed by atoms with Crippen LogP contribution in [0, 0.1) is 24.7 Å². The highest BCUT2D eigenvalue weighted by atomic mass is 16.3. The minimum Gasteiger partial charge on any atom is -0.388 e. The van der Waals surface area contributed by atoms with Crippen molar-refractivity contribution in [3.63, 3.8) is 0 Å². The van der Waals surface area contributed by atoms with E-state index in [-0.39, 0.29) is 6.10 Å². The predicted molar refractivity (Wildman–Crippen MR) is 87.2 cm³/mol. The number of fused-ring (bicyclic) bond motifs is 2. The molecule has 3 rings (SSSR count). The molecule has 0 saturated heterocycles. The molecule has 0 amide bonds. The highest BCUT2D eigenvalue weighted by molar-refractivity contribution is 5.27. The monoisotopic (exact) mass is 287 g/mol. The van der Waals surface area contributed by atoms with Crippen LogP contribution in [0.2, 0.25) is 0 Å². The van der Waals surface area contributed by atoms with Crippen molar-refractivity contribution in [3.05, 3.63) is 35.4 Å². The lowest BCUT2D eigenvalue weighted by atomic mass is 9.88. The zero-order valence-corrected chi connectivity index (χ0v) is 13.5. The fraction of sp³-hybridized carbons (Fsp3) is 0.684. The Morgan fingerprint density at radius 1 is 1.24 bits per heavy atom. The largest absolute Gasteiger partial charge is 0.388 e. The SMILES string of the molecule is Cc1ccccc1C(O)CCN(C)CC1CC2CCC1C2. The second-order valence-electron chi connectivity index (χ2n) is 7.36. The lowest BCUT2D eigenvalue weighted by Gasteiger charge is -2.27. The number of hydrogen-bond acceptors (Lipinski definition) is 2. The van der Waals surface area contributed by atoms with Crippen LogP contribution in [0.15, 0.2) is 24.3 Å². The molecular formula is C19H29NO. The quantitative estimate of drug-likeness (QED) is 0.860. The van der Waals surface area contributed by atoms with Crippen molar-refractivity contribution in [2.75, 3.05) is 20.1 Å². The molecular weight excluding hydrogens is 258 g/mol. The normalized spacial score (nSPS) is 29.2. The second-order valence-corrected chi connectivity index (χ2v) is 7.36. The van der Waals surface area contributed by atoms with E-state index in [1.54, 1.807) is 0 Å². The average molecular weight is 287 g/mol. The maximum absolute atomic E-state index is 10.4. The van der Waals surface area contributed by atoms with Crippen molar-refractivity contribution in [2.24, 2.45) is 17.8 Å². The van der Waals surface area contributed by atoms with E-state index in [0.29, 0.717) is 0 Å². The predicted octanol–water partition coefficient (Wildman–Crippen LogP) is 3.79. The Morgan fingerprint density at radius 3 is 2.71 bits per heavy atom.